The van der Waals surface area contributed by atoms with Gasteiger partial charge in [0, 0.05) is 13.7 Å². The van der Waals surface area contributed by atoms with Crippen LogP contribution in [0.2, 0.25) is 0 Å². The highest BCUT2D eigenvalue weighted by atomic mass is 16.5. The van der Waals surface area contributed by atoms with E-state index in [1.165, 1.54) is 12.1 Å². The van der Waals surface area contributed by atoms with E-state index in [9.17, 15) is 9.59 Å². The SMILES string of the molecule is CCOC(=O)c1ccc(N)c(OCC(=O)NCCOC)c1. The van der Waals surface area contributed by atoms with Crippen molar-refractivity contribution in [2.45, 2.75) is 6.92 Å². The zero-order valence-electron chi connectivity index (χ0n) is 12.2. The lowest BCUT2D eigenvalue weighted by Crippen LogP contribution is -2.31. The first-order chi connectivity index (χ1) is 10.1. The first-order valence-electron chi connectivity index (χ1n) is 6.53. The molecule has 21 heavy (non-hydrogen) atoms. The molecular formula is C14H20N2O5. The Morgan fingerprint density at radius 1 is 1.33 bits per heavy atom. The summed E-state index contributed by atoms with van der Waals surface area (Å²) in [6.07, 6.45) is 0. The van der Waals surface area contributed by atoms with Gasteiger partial charge in [-0.05, 0) is 25.1 Å². The molecule has 0 fully saturated rings. The van der Waals surface area contributed by atoms with Gasteiger partial charge in [0.25, 0.3) is 5.91 Å². The van der Waals surface area contributed by atoms with E-state index in [1.54, 1.807) is 20.1 Å². The van der Waals surface area contributed by atoms with Gasteiger partial charge < -0.3 is 25.3 Å². The largest absolute Gasteiger partial charge is 0.482 e. The summed E-state index contributed by atoms with van der Waals surface area (Å²) in [4.78, 5) is 23.1. The van der Waals surface area contributed by atoms with E-state index < -0.39 is 5.97 Å². The molecule has 7 nitrogen and oxygen atoms in total. The molecule has 1 aromatic carbocycles. The van der Waals surface area contributed by atoms with Crippen molar-refractivity contribution >= 4 is 17.6 Å². The van der Waals surface area contributed by atoms with Gasteiger partial charge in [0.05, 0.1) is 24.5 Å². The van der Waals surface area contributed by atoms with Gasteiger partial charge in [-0.2, -0.15) is 0 Å². The average Bonchev–Trinajstić information content (AvgIpc) is 2.47. The summed E-state index contributed by atoms with van der Waals surface area (Å²) in [5.74, 6) is -0.498. The zero-order valence-corrected chi connectivity index (χ0v) is 12.2. The Kier molecular flexibility index (Phi) is 7.03. The number of esters is 1. The van der Waals surface area contributed by atoms with Crippen LogP contribution in [0.25, 0.3) is 0 Å². The highest BCUT2D eigenvalue weighted by Crippen LogP contribution is 2.23. The molecule has 0 bridgehead atoms. The fourth-order valence-electron chi connectivity index (χ4n) is 1.49. The number of benzene rings is 1. The van der Waals surface area contributed by atoms with Crippen LogP contribution in [0.15, 0.2) is 18.2 Å². The number of carbonyl (C=O) groups is 2. The zero-order chi connectivity index (χ0) is 15.7. The number of rotatable bonds is 8. The molecular weight excluding hydrogens is 276 g/mol. The maximum Gasteiger partial charge on any atom is 0.338 e. The Hall–Kier alpha value is -2.28. The molecule has 0 heterocycles. The second kappa shape index (κ2) is 8.80. The summed E-state index contributed by atoms with van der Waals surface area (Å²) in [6, 6.07) is 4.53. The number of amides is 1. The number of nitrogens with two attached hydrogens (primary N) is 1. The van der Waals surface area contributed by atoms with Crippen LogP contribution in [0, 0.1) is 0 Å². The van der Waals surface area contributed by atoms with Gasteiger partial charge in [0.15, 0.2) is 6.61 Å². The molecule has 0 aliphatic heterocycles. The minimum absolute atomic E-state index is 0.194. The normalized spacial score (nSPS) is 10.0. The fourth-order valence-corrected chi connectivity index (χ4v) is 1.49. The molecule has 0 spiro atoms. The topological polar surface area (TPSA) is 99.9 Å². The standard InChI is InChI=1S/C14H20N2O5/c1-3-20-14(18)10-4-5-11(15)12(8-10)21-9-13(17)16-6-7-19-2/h4-5,8H,3,6-7,9,15H2,1-2H3,(H,16,17). The fraction of sp³-hybridized carbons (Fsp3) is 0.429. The second-order valence-electron chi connectivity index (χ2n) is 4.10. The smallest absolute Gasteiger partial charge is 0.338 e. The van der Waals surface area contributed by atoms with E-state index in [1.807, 2.05) is 0 Å². The third kappa shape index (κ3) is 5.70. The van der Waals surface area contributed by atoms with Crippen LogP contribution in [0.3, 0.4) is 0 Å². The number of anilines is 1. The van der Waals surface area contributed by atoms with Crippen molar-refractivity contribution in [2.24, 2.45) is 0 Å². The van der Waals surface area contributed by atoms with Crippen molar-refractivity contribution < 1.29 is 23.8 Å². The third-order valence-corrected chi connectivity index (χ3v) is 2.51. The monoisotopic (exact) mass is 296 g/mol. The molecule has 1 amide bonds. The predicted octanol–water partition coefficient (Wildman–Crippen LogP) is 0.587. The van der Waals surface area contributed by atoms with E-state index in [0.717, 1.165) is 0 Å². The summed E-state index contributed by atoms with van der Waals surface area (Å²) < 4.78 is 15.0. The van der Waals surface area contributed by atoms with Gasteiger partial charge >= 0.3 is 5.97 Å². The van der Waals surface area contributed by atoms with Gasteiger partial charge in [-0.1, -0.05) is 0 Å². The molecule has 0 aliphatic rings. The molecule has 7 heteroatoms. The summed E-state index contributed by atoms with van der Waals surface area (Å²) >= 11 is 0. The van der Waals surface area contributed by atoms with Gasteiger partial charge in [-0.15, -0.1) is 0 Å². The van der Waals surface area contributed by atoms with E-state index in [0.29, 0.717) is 24.4 Å². The molecule has 0 aromatic heterocycles. The van der Waals surface area contributed by atoms with E-state index >= 15 is 0 Å². The lowest BCUT2D eigenvalue weighted by molar-refractivity contribution is -0.123. The highest BCUT2D eigenvalue weighted by molar-refractivity contribution is 5.90. The van der Waals surface area contributed by atoms with Crippen molar-refractivity contribution in [2.75, 3.05) is 39.2 Å². The quantitative estimate of drug-likeness (QED) is 0.414. The lowest BCUT2D eigenvalue weighted by Gasteiger charge is -2.10. The van der Waals surface area contributed by atoms with Crippen LogP contribution < -0.4 is 15.8 Å². The molecule has 116 valence electrons. The first kappa shape index (κ1) is 16.8. The van der Waals surface area contributed by atoms with Crippen molar-refractivity contribution in [3.63, 3.8) is 0 Å². The Morgan fingerprint density at radius 3 is 2.76 bits per heavy atom. The molecule has 0 atom stereocenters. The molecule has 0 saturated carbocycles. The maximum atomic E-state index is 11.6. The molecule has 0 aliphatic carbocycles. The average molecular weight is 296 g/mol. The van der Waals surface area contributed by atoms with E-state index in [2.05, 4.69) is 5.32 Å². The number of methoxy groups -OCH3 is 1. The number of hydrogen-bond donors (Lipinski definition) is 2. The molecule has 0 saturated heterocycles. The van der Waals surface area contributed by atoms with Crippen LogP contribution in [0.4, 0.5) is 5.69 Å². The van der Waals surface area contributed by atoms with Crippen molar-refractivity contribution in [1.29, 1.82) is 0 Å². The minimum atomic E-state index is -0.466. The first-order valence-corrected chi connectivity index (χ1v) is 6.53. The van der Waals surface area contributed by atoms with E-state index in [4.69, 9.17) is 19.9 Å². The summed E-state index contributed by atoms with van der Waals surface area (Å²) in [7, 11) is 1.55. The van der Waals surface area contributed by atoms with E-state index in [-0.39, 0.29) is 24.9 Å². The lowest BCUT2D eigenvalue weighted by atomic mass is 10.2. The number of hydrogen-bond acceptors (Lipinski definition) is 6. The van der Waals surface area contributed by atoms with Crippen LogP contribution in [-0.2, 0) is 14.3 Å². The Labute approximate surface area is 123 Å². The Morgan fingerprint density at radius 2 is 2.10 bits per heavy atom. The number of ether oxygens (including phenoxy) is 3. The van der Waals surface area contributed by atoms with Crippen molar-refractivity contribution in [3.8, 4) is 5.75 Å². The summed E-state index contributed by atoms with van der Waals surface area (Å²) in [6.45, 7) is 2.63. The minimum Gasteiger partial charge on any atom is -0.482 e. The molecule has 0 radical (unpaired) electrons. The summed E-state index contributed by atoms with van der Waals surface area (Å²) in [5.41, 5.74) is 6.40. The van der Waals surface area contributed by atoms with Gasteiger partial charge in [-0.25, -0.2) is 4.79 Å². The third-order valence-electron chi connectivity index (χ3n) is 2.51. The summed E-state index contributed by atoms with van der Waals surface area (Å²) in [5, 5.41) is 2.61. The molecule has 1 rings (SSSR count). The van der Waals surface area contributed by atoms with Crippen LogP contribution in [-0.4, -0.2) is 45.4 Å². The van der Waals surface area contributed by atoms with Gasteiger partial charge in [-0.3, -0.25) is 4.79 Å². The number of carbonyl (C=O) groups excluding carboxylic acids is 2. The number of nitrogens with one attached hydrogen (secondary N) is 1. The van der Waals surface area contributed by atoms with Crippen LogP contribution >= 0.6 is 0 Å². The van der Waals surface area contributed by atoms with Crippen molar-refractivity contribution in [3.05, 3.63) is 23.8 Å². The van der Waals surface area contributed by atoms with Crippen LogP contribution in [0.1, 0.15) is 17.3 Å². The van der Waals surface area contributed by atoms with Gasteiger partial charge in [0.1, 0.15) is 5.75 Å². The molecule has 3 N–H and O–H groups in total. The van der Waals surface area contributed by atoms with Crippen LogP contribution in [0.5, 0.6) is 5.75 Å². The Bertz CT molecular complexity index is 490. The number of nitrogen functional groups attached to an aromatic ring is 1. The highest BCUT2D eigenvalue weighted by Gasteiger charge is 2.11. The maximum absolute atomic E-state index is 11.6. The molecule has 0 unspecified atom stereocenters. The Balaban J connectivity index is 2.59. The molecule has 1 aromatic rings. The second-order valence-corrected chi connectivity index (χ2v) is 4.10. The van der Waals surface area contributed by atoms with Crippen molar-refractivity contribution in [1.82, 2.24) is 5.32 Å². The van der Waals surface area contributed by atoms with Gasteiger partial charge in [0.2, 0.25) is 0 Å². The predicted molar refractivity (Wildman–Crippen MR) is 77.2 cm³/mol.